The Morgan fingerprint density at radius 2 is 2.07 bits per heavy atom. The maximum atomic E-state index is 13.2. The number of anilines is 1. The number of thioether (sulfide) groups is 1. The Balaban J connectivity index is 2.06. The quantitative estimate of drug-likeness (QED) is 0.716. The van der Waals surface area contributed by atoms with Crippen LogP contribution in [0.5, 0.6) is 0 Å². The van der Waals surface area contributed by atoms with Crippen molar-refractivity contribution in [1.29, 1.82) is 0 Å². The summed E-state index contributed by atoms with van der Waals surface area (Å²) in [6.45, 7) is 1.81. The van der Waals surface area contributed by atoms with Gasteiger partial charge in [0.25, 0.3) is 0 Å². The van der Waals surface area contributed by atoms with E-state index in [1.165, 1.54) is 11.0 Å². The van der Waals surface area contributed by atoms with Crippen molar-refractivity contribution in [2.75, 3.05) is 16.4 Å². The van der Waals surface area contributed by atoms with Crippen LogP contribution in [0.4, 0.5) is 18.9 Å². The maximum Gasteiger partial charge on any atom is 0.417 e. The van der Waals surface area contributed by atoms with Gasteiger partial charge in [0, 0.05) is 17.4 Å². The summed E-state index contributed by atoms with van der Waals surface area (Å²) in [6.07, 6.45) is -3.86. The fourth-order valence-corrected chi connectivity index (χ4v) is 7.28. The lowest BCUT2D eigenvalue weighted by atomic mass is 10.1. The van der Waals surface area contributed by atoms with Crippen molar-refractivity contribution in [1.82, 2.24) is 0 Å². The number of hydrogen-bond acceptors (Lipinski definition) is 4. The van der Waals surface area contributed by atoms with E-state index in [0.29, 0.717) is 6.42 Å². The molecule has 11 heteroatoms. The van der Waals surface area contributed by atoms with Gasteiger partial charge in [-0.15, -0.1) is 0 Å². The minimum absolute atomic E-state index is 0.0977. The molecule has 1 amide bonds. The highest BCUT2D eigenvalue weighted by atomic mass is 35.5. The second kappa shape index (κ2) is 7.29. The summed E-state index contributed by atoms with van der Waals surface area (Å²) in [5, 5.41) is -0.601. The number of aliphatic imine (C=N–C) groups is 1. The van der Waals surface area contributed by atoms with Gasteiger partial charge in [0.15, 0.2) is 15.0 Å². The highest BCUT2D eigenvalue weighted by molar-refractivity contribution is 8.16. The number of rotatable bonds is 3. The zero-order chi connectivity index (χ0) is 20.0. The first kappa shape index (κ1) is 20.5. The van der Waals surface area contributed by atoms with Gasteiger partial charge >= 0.3 is 6.18 Å². The van der Waals surface area contributed by atoms with E-state index in [1.807, 2.05) is 6.92 Å². The number of alkyl halides is 3. The van der Waals surface area contributed by atoms with Gasteiger partial charge in [0.1, 0.15) is 0 Å². The van der Waals surface area contributed by atoms with Crippen LogP contribution in [0.2, 0.25) is 5.02 Å². The van der Waals surface area contributed by atoms with E-state index in [4.69, 9.17) is 11.6 Å². The maximum absolute atomic E-state index is 13.2. The van der Waals surface area contributed by atoms with Crippen molar-refractivity contribution in [3.8, 4) is 0 Å². The molecule has 0 N–H and O–H groups in total. The van der Waals surface area contributed by atoms with Gasteiger partial charge in [-0.25, -0.2) is 8.42 Å². The highest BCUT2D eigenvalue weighted by Crippen LogP contribution is 2.43. The van der Waals surface area contributed by atoms with Gasteiger partial charge in [0.05, 0.1) is 28.1 Å². The Kier molecular flexibility index (Phi) is 5.53. The molecule has 1 aromatic carbocycles. The molecule has 2 aliphatic heterocycles. The van der Waals surface area contributed by atoms with Crippen LogP contribution in [0.25, 0.3) is 0 Å². The van der Waals surface area contributed by atoms with Crippen LogP contribution in [0.3, 0.4) is 0 Å². The molecule has 2 aliphatic rings. The molecule has 0 aliphatic carbocycles. The number of amidine groups is 1. The zero-order valence-corrected chi connectivity index (χ0v) is 16.6. The molecular weight excluding hydrogens is 425 g/mol. The molecule has 0 radical (unpaired) electrons. The predicted octanol–water partition coefficient (Wildman–Crippen LogP) is 3.76. The summed E-state index contributed by atoms with van der Waals surface area (Å²) < 4.78 is 63.6. The largest absolute Gasteiger partial charge is 0.417 e. The number of fused-ring (bicyclic) bond motifs is 1. The SMILES string of the molecule is CCCC(=O)N=C1S[C@@H]2CS(=O)(=O)C[C@H]2N1c1ccc(Cl)c(C(F)(F)F)c1. The number of amides is 1. The van der Waals surface area contributed by atoms with E-state index in [-0.39, 0.29) is 34.0 Å². The topological polar surface area (TPSA) is 66.8 Å². The number of benzene rings is 1. The van der Waals surface area contributed by atoms with Crippen molar-refractivity contribution < 1.29 is 26.4 Å². The summed E-state index contributed by atoms with van der Waals surface area (Å²) in [4.78, 5) is 17.4. The minimum atomic E-state index is -4.66. The third kappa shape index (κ3) is 4.27. The van der Waals surface area contributed by atoms with Gasteiger partial charge < -0.3 is 4.90 Å². The van der Waals surface area contributed by atoms with E-state index < -0.39 is 38.5 Å². The van der Waals surface area contributed by atoms with E-state index >= 15 is 0 Å². The van der Waals surface area contributed by atoms with E-state index in [9.17, 15) is 26.4 Å². The van der Waals surface area contributed by atoms with Crippen LogP contribution in [0.1, 0.15) is 25.3 Å². The molecule has 0 aromatic heterocycles. The Labute approximate surface area is 163 Å². The smallest absolute Gasteiger partial charge is 0.316 e. The number of carbonyl (C=O) groups excluding carboxylic acids is 1. The van der Waals surface area contributed by atoms with Gasteiger partial charge in [0.2, 0.25) is 5.91 Å². The first-order chi connectivity index (χ1) is 12.5. The lowest BCUT2D eigenvalue weighted by Crippen LogP contribution is -2.37. The van der Waals surface area contributed by atoms with Crippen LogP contribution < -0.4 is 4.90 Å². The number of carbonyl (C=O) groups is 1. The van der Waals surface area contributed by atoms with E-state index in [1.54, 1.807) is 0 Å². The van der Waals surface area contributed by atoms with Crippen LogP contribution in [0, 0.1) is 0 Å². The number of halogens is 4. The molecule has 0 spiro atoms. The van der Waals surface area contributed by atoms with Crippen molar-refractivity contribution in [2.45, 2.75) is 37.2 Å². The average Bonchev–Trinajstić information content (AvgIpc) is 2.98. The lowest BCUT2D eigenvalue weighted by molar-refractivity contribution is -0.137. The van der Waals surface area contributed by atoms with E-state index in [2.05, 4.69) is 4.99 Å². The minimum Gasteiger partial charge on any atom is -0.316 e. The third-order valence-corrected chi connectivity index (χ3v) is 7.82. The molecule has 3 rings (SSSR count). The molecule has 2 atom stereocenters. The first-order valence-electron chi connectivity index (χ1n) is 8.16. The van der Waals surface area contributed by atoms with Crippen molar-refractivity contribution in [2.24, 2.45) is 4.99 Å². The second-order valence-corrected chi connectivity index (χ2v) is 10.1. The van der Waals surface area contributed by atoms with Gasteiger partial charge in [-0.1, -0.05) is 30.3 Å². The lowest BCUT2D eigenvalue weighted by Gasteiger charge is -2.25. The Bertz CT molecular complexity index is 903. The predicted molar refractivity (Wildman–Crippen MR) is 100 cm³/mol. The first-order valence-corrected chi connectivity index (χ1v) is 11.2. The van der Waals surface area contributed by atoms with Gasteiger partial charge in [-0.2, -0.15) is 18.2 Å². The monoisotopic (exact) mass is 440 g/mol. The Morgan fingerprint density at radius 1 is 1.37 bits per heavy atom. The molecule has 0 bridgehead atoms. The number of hydrogen-bond donors (Lipinski definition) is 0. The molecular formula is C16H16ClF3N2O3S2. The molecule has 2 saturated heterocycles. The fraction of sp³-hybridized carbons (Fsp3) is 0.500. The summed E-state index contributed by atoms with van der Waals surface area (Å²) in [6, 6.07) is 2.80. The molecule has 27 heavy (non-hydrogen) atoms. The summed E-state index contributed by atoms with van der Waals surface area (Å²) >= 11 is 6.80. The van der Waals surface area contributed by atoms with Gasteiger partial charge in [-0.3, -0.25) is 4.79 Å². The molecule has 0 unspecified atom stereocenters. The zero-order valence-electron chi connectivity index (χ0n) is 14.2. The van der Waals surface area contributed by atoms with Crippen LogP contribution in [0.15, 0.2) is 23.2 Å². The van der Waals surface area contributed by atoms with Crippen molar-refractivity contribution in [3.63, 3.8) is 0 Å². The molecule has 148 valence electrons. The van der Waals surface area contributed by atoms with Crippen LogP contribution >= 0.6 is 23.4 Å². The highest BCUT2D eigenvalue weighted by Gasteiger charge is 2.49. The fourth-order valence-electron chi connectivity index (χ4n) is 3.12. The third-order valence-electron chi connectivity index (χ3n) is 4.28. The Hall–Kier alpha value is -1.26. The number of sulfone groups is 1. The molecule has 5 nitrogen and oxygen atoms in total. The molecule has 2 heterocycles. The molecule has 0 saturated carbocycles. The molecule has 1 aromatic rings. The molecule has 2 fully saturated rings. The van der Waals surface area contributed by atoms with Crippen molar-refractivity contribution in [3.05, 3.63) is 28.8 Å². The van der Waals surface area contributed by atoms with Crippen LogP contribution in [-0.2, 0) is 20.8 Å². The number of nitrogens with zero attached hydrogens (tertiary/aromatic N) is 2. The standard InChI is InChI=1S/C16H16ClF3N2O3S2/c1-2-3-14(23)21-15-22(12-7-27(24,25)8-13(12)26-15)9-4-5-11(17)10(6-9)16(18,19)20/h4-6,12-13H,2-3,7-8H2,1H3/t12-,13-/m1/s1. The Morgan fingerprint density at radius 3 is 2.70 bits per heavy atom. The second-order valence-electron chi connectivity index (χ2n) is 6.37. The summed E-state index contributed by atoms with van der Waals surface area (Å²) in [5.74, 6) is -0.687. The average molecular weight is 441 g/mol. The summed E-state index contributed by atoms with van der Waals surface area (Å²) in [7, 11) is -3.31. The summed E-state index contributed by atoms with van der Waals surface area (Å²) in [5.41, 5.74) is -0.901. The van der Waals surface area contributed by atoms with Crippen LogP contribution in [-0.4, -0.2) is 42.3 Å². The van der Waals surface area contributed by atoms with E-state index in [0.717, 1.165) is 23.9 Å². The normalized spacial score (nSPS) is 25.8. The van der Waals surface area contributed by atoms with Gasteiger partial charge in [-0.05, 0) is 24.6 Å². The van der Waals surface area contributed by atoms with Crippen molar-refractivity contribution >= 4 is 50.0 Å².